The molecule has 0 N–H and O–H groups in total. The predicted octanol–water partition coefficient (Wildman–Crippen LogP) is 11.3. The Labute approximate surface area is 308 Å². The van der Waals surface area contributed by atoms with Crippen LogP contribution < -0.4 is 4.74 Å². The van der Waals surface area contributed by atoms with E-state index in [1.165, 1.54) is 22.3 Å². The number of ether oxygens (including phenoxy) is 2. The molecular formula is C46H48N4O2. The number of fused-ring (bicyclic) bond motifs is 1. The molecule has 7 rings (SSSR count). The number of hydrogen-bond acceptors (Lipinski definition) is 6. The van der Waals surface area contributed by atoms with Crippen LogP contribution in [0.2, 0.25) is 0 Å². The van der Waals surface area contributed by atoms with Crippen molar-refractivity contribution >= 4 is 0 Å². The topological polar surface area (TPSA) is 70.0 Å². The molecule has 4 aromatic carbocycles. The second-order valence-electron chi connectivity index (χ2n) is 15.4. The number of hydrogen-bond donors (Lipinski definition) is 0. The molecule has 0 fully saturated rings. The van der Waals surface area contributed by atoms with Gasteiger partial charge in [0.15, 0.2) is 17.5 Å². The molecule has 6 heteroatoms. The first-order valence-electron chi connectivity index (χ1n) is 18.4. The van der Waals surface area contributed by atoms with Gasteiger partial charge in [-0.3, -0.25) is 4.98 Å². The van der Waals surface area contributed by atoms with Crippen molar-refractivity contribution in [2.24, 2.45) is 0 Å². The van der Waals surface area contributed by atoms with Crippen LogP contribution in [0.5, 0.6) is 5.75 Å². The second-order valence-corrected chi connectivity index (χ2v) is 15.4. The van der Waals surface area contributed by atoms with Crippen LogP contribution in [-0.2, 0) is 22.4 Å². The zero-order valence-corrected chi connectivity index (χ0v) is 31.6. The maximum Gasteiger partial charge on any atom is 0.165 e. The van der Waals surface area contributed by atoms with E-state index in [9.17, 15) is 0 Å². The fraction of sp³-hybridized carbons (Fsp3) is 0.304. The van der Waals surface area contributed by atoms with Crippen molar-refractivity contribution < 1.29 is 9.47 Å². The van der Waals surface area contributed by atoms with Crippen molar-refractivity contribution in [2.45, 2.75) is 84.8 Å². The van der Waals surface area contributed by atoms with Crippen LogP contribution in [0.4, 0.5) is 0 Å². The van der Waals surface area contributed by atoms with Gasteiger partial charge in [0.2, 0.25) is 0 Å². The fourth-order valence-corrected chi connectivity index (χ4v) is 7.08. The highest BCUT2D eigenvalue weighted by molar-refractivity contribution is 5.73. The first-order valence-corrected chi connectivity index (χ1v) is 18.4. The van der Waals surface area contributed by atoms with Crippen LogP contribution in [0.1, 0.15) is 95.0 Å². The zero-order valence-electron chi connectivity index (χ0n) is 31.6. The molecule has 6 aromatic rings. The van der Waals surface area contributed by atoms with Gasteiger partial charge in [-0.2, -0.15) is 0 Å². The van der Waals surface area contributed by atoms with E-state index in [1.54, 1.807) is 0 Å². The minimum atomic E-state index is -0.429. The van der Waals surface area contributed by atoms with E-state index in [1.807, 2.05) is 18.3 Å². The van der Waals surface area contributed by atoms with Crippen LogP contribution in [0.25, 0.3) is 45.4 Å². The molecular weight excluding hydrogens is 641 g/mol. The molecule has 0 amide bonds. The SMILES string of the molecule is CC(C)c1ccc(-c2nc(-c3ccc(C(C)C)cc3)nc(-c3cnc(-c4ccc5c(c4)C(C)(C)OC5(C)C)c(OCCc4ccccc4)c3)n2)cc1. The molecule has 6 nitrogen and oxygen atoms in total. The molecule has 52 heavy (non-hydrogen) atoms. The summed E-state index contributed by atoms with van der Waals surface area (Å²) in [5.41, 5.74) is 9.67. The van der Waals surface area contributed by atoms with Gasteiger partial charge in [-0.1, -0.05) is 119 Å². The van der Waals surface area contributed by atoms with Gasteiger partial charge in [0.05, 0.1) is 17.8 Å². The van der Waals surface area contributed by atoms with Gasteiger partial charge in [-0.05, 0) is 79.5 Å². The highest BCUT2D eigenvalue weighted by Gasteiger charge is 2.43. The van der Waals surface area contributed by atoms with E-state index in [2.05, 4.69) is 146 Å². The molecule has 0 saturated carbocycles. The third-order valence-electron chi connectivity index (χ3n) is 10.0. The fourth-order valence-electron chi connectivity index (χ4n) is 7.08. The number of benzene rings is 4. The predicted molar refractivity (Wildman–Crippen MR) is 210 cm³/mol. The summed E-state index contributed by atoms with van der Waals surface area (Å²) in [6.07, 6.45) is 2.62. The Bertz CT molecular complexity index is 2120. The van der Waals surface area contributed by atoms with Crippen molar-refractivity contribution in [3.63, 3.8) is 0 Å². The molecule has 2 aromatic heterocycles. The Balaban J connectivity index is 1.33. The van der Waals surface area contributed by atoms with Gasteiger partial charge in [-0.15, -0.1) is 0 Å². The third kappa shape index (κ3) is 7.26. The smallest absolute Gasteiger partial charge is 0.165 e. The van der Waals surface area contributed by atoms with Gasteiger partial charge in [0.1, 0.15) is 11.4 Å². The summed E-state index contributed by atoms with van der Waals surface area (Å²) >= 11 is 0. The molecule has 3 heterocycles. The highest BCUT2D eigenvalue weighted by atomic mass is 16.5. The Hall–Kier alpha value is -5.20. The number of rotatable bonds is 10. The molecule has 1 aliphatic rings. The lowest BCUT2D eigenvalue weighted by atomic mass is 9.88. The van der Waals surface area contributed by atoms with E-state index in [-0.39, 0.29) is 5.60 Å². The number of nitrogens with zero attached hydrogens (tertiary/aromatic N) is 4. The number of aromatic nitrogens is 4. The van der Waals surface area contributed by atoms with Crippen LogP contribution in [-0.4, -0.2) is 26.5 Å². The molecule has 0 bridgehead atoms. The first kappa shape index (κ1) is 35.2. The summed E-state index contributed by atoms with van der Waals surface area (Å²) < 4.78 is 13.1. The maximum atomic E-state index is 6.61. The molecule has 264 valence electrons. The largest absolute Gasteiger partial charge is 0.491 e. The lowest BCUT2D eigenvalue weighted by Gasteiger charge is -2.24. The zero-order chi connectivity index (χ0) is 36.6. The lowest BCUT2D eigenvalue weighted by molar-refractivity contribution is -0.105. The van der Waals surface area contributed by atoms with Gasteiger partial charge in [0, 0.05) is 34.9 Å². The average molecular weight is 689 g/mol. The highest BCUT2D eigenvalue weighted by Crippen LogP contribution is 2.48. The van der Waals surface area contributed by atoms with Crippen molar-refractivity contribution in [3.8, 4) is 51.2 Å². The van der Waals surface area contributed by atoms with E-state index in [4.69, 9.17) is 29.4 Å². The second kappa shape index (κ2) is 14.1. The minimum Gasteiger partial charge on any atom is -0.491 e. The summed E-state index contributed by atoms with van der Waals surface area (Å²) in [4.78, 5) is 20.1. The standard InChI is InChI=1S/C46H48N4O2/c1-29(2)32-14-18-34(19-15-32)42-48-43(35-20-16-33(17-21-35)30(3)4)50-44(49-42)37-27-40(51-25-24-31-12-10-9-11-13-31)41(47-28-37)36-22-23-38-39(26-36)46(7,8)52-45(38,5)6/h9-23,26-30H,24-25H2,1-8H3. The van der Waals surface area contributed by atoms with Gasteiger partial charge in [-0.25, -0.2) is 15.0 Å². The molecule has 0 atom stereocenters. The van der Waals surface area contributed by atoms with Crippen molar-refractivity contribution in [1.82, 2.24) is 19.9 Å². The maximum absolute atomic E-state index is 6.61. The Kier molecular flexibility index (Phi) is 9.53. The van der Waals surface area contributed by atoms with E-state index >= 15 is 0 Å². The summed E-state index contributed by atoms with van der Waals surface area (Å²) in [6, 6.07) is 35.9. The van der Waals surface area contributed by atoms with E-state index < -0.39 is 5.60 Å². The summed E-state index contributed by atoms with van der Waals surface area (Å²) in [5, 5.41) is 0. The monoisotopic (exact) mass is 688 g/mol. The summed E-state index contributed by atoms with van der Waals surface area (Å²) in [5.74, 6) is 3.30. The van der Waals surface area contributed by atoms with Crippen LogP contribution >= 0.6 is 0 Å². The van der Waals surface area contributed by atoms with E-state index in [0.29, 0.717) is 41.7 Å². The average Bonchev–Trinajstić information content (AvgIpc) is 3.33. The van der Waals surface area contributed by atoms with Crippen molar-refractivity contribution in [3.05, 3.63) is 137 Å². The molecule has 0 saturated heterocycles. The Morgan fingerprint density at radius 3 is 1.65 bits per heavy atom. The van der Waals surface area contributed by atoms with Gasteiger partial charge >= 0.3 is 0 Å². The van der Waals surface area contributed by atoms with Gasteiger partial charge < -0.3 is 9.47 Å². The normalized spacial score (nSPS) is 14.5. The van der Waals surface area contributed by atoms with Crippen molar-refractivity contribution in [1.29, 1.82) is 0 Å². The molecule has 0 spiro atoms. The van der Waals surface area contributed by atoms with E-state index in [0.717, 1.165) is 39.9 Å². The third-order valence-corrected chi connectivity index (χ3v) is 10.0. The quantitative estimate of drug-likeness (QED) is 0.143. The molecule has 0 aliphatic carbocycles. The Morgan fingerprint density at radius 1 is 0.577 bits per heavy atom. The van der Waals surface area contributed by atoms with Gasteiger partial charge in [0.25, 0.3) is 0 Å². The number of pyridine rings is 1. The Morgan fingerprint density at radius 2 is 1.10 bits per heavy atom. The minimum absolute atomic E-state index is 0.373. The van der Waals surface area contributed by atoms with Crippen LogP contribution in [0, 0.1) is 0 Å². The molecule has 1 aliphatic heterocycles. The molecule has 0 unspecified atom stereocenters. The lowest BCUT2D eigenvalue weighted by Crippen LogP contribution is -2.22. The summed E-state index contributed by atoms with van der Waals surface area (Å²) in [6.45, 7) is 17.8. The summed E-state index contributed by atoms with van der Waals surface area (Å²) in [7, 11) is 0. The van der Waals surface area contributed by atoms with Crippen molar-refractivity contribution in [2.75, 3.05) is 6.61 Å². The van der Waals surface area contributed by atoms with Crippen LogP contribution in [0.3, 0.4) is 0 Å². The first-order chi connectivity index (χ1) is 24.9. The van der Waals surface area contributed by atoms with Crippen LogP contribution in [0.15, 0.2) is 109 Å². The molecule has 0 radical (unpaired) electrons.